The van der Waals surface area contributed by atoms with Crippen molar-refractivity contribution in [2.75, 3.05) is 17.7 Å². The number of rotatable bonds is 3. The zero-order chi connectivity index (χ0) is 11.7. The highest BCUT2D eigenvalue weighted by atomic mass is 16.6. The second kappa shape index (κ2) is 4.00. The summed E-state index contributed by atoms with van der Waals surface area (Å²) >= 11 is 0. The van der Waals surface area contributed by atoms with Crippen molar-refractivity contribution < 1.29 is 4.92 Å². The van der Waals surface area contributed by atoms with E-state index < -0.39 is 4.92 Å². The van der Waals surface area contributed by atoms with Crippen molar-refractivity contribution in [3.63, 3.8) is 0 Å². The number of nitrogen functional groups attached to an aromatic ring is 1. The van der Waals surface area contributed by atoms with E-state index in [-0.39, 0.29) is 11.4 Å². The predicted octanol–water partition coefficient (Wildman–Crippen LogP) is 2.17. The van der Waals surface area contributed by atoms with Crippen LogP contribution < -0.4 is 10.6 Å². The molecule has 0 aliphatic heterocycles. The van der Waals surface area contributed by atoms with Crippen LogP contribution in [0, 0.1) is 10.1 Å². The highest BCUT2D eigenvalue weighted by Crippen LogP contribution is 2.31. The number of hydrogen-bond donors (Lipinski definition) is 1. The molecule has 0 unspecified atom stereocenters. The van der Waals surface area contributed by atoms with Gasteiger partial charge in [0.05, 0.1) is 4.92 Å². The van der Waals surface area contributed by atoms with E-state index in [0.717, 1.165) is 5.69 Å². The highest BCUT2D eigenvalue weighted by molar-refractivity contribution is 5.66. The summed E-state index contributed by atoms with van der Waals surface area (Å²) < 4.78 is 0. The fourth-order valence-corrected chi connectivity index (χ4v) is 1.91. The number of nitrogens with two attached hydrogens (primary N) is 1. The quantitative estimate of drug-likeness (QED) is 0.482. The second-order valence-electron chi connectivity index (χ2n) is 4.20. The smallest absolute Gasteiger partial charge is 0.292 e. The van der Waals surface area contributed by atoms with Gasteiger partial charge in [0.2, 0.25) is 0 Å². The number of nitrogens with zero attached hydrogens (tertiary/aromatic N) is 2. The van der Waals surface area contributed by atoms with Gasteiger partial charge in [-0.3, -0.25) is 10.1 Å². The van der Waals surface area contributed by atoms with E-state index in [1.54, 1.807) is 12.1 Å². The van der Waals surface area contributed by atoms with Crippen molar-refractivity contribution >= 4 is 17.1 Å². The lowest BCUT2D eigenvalue weighted by atomic mass is 9.91. The Hall–Kier alpha value is -1.78. The monoisotopic (exact) mass is 221 g/mol. The average molecular weight is 221 g/mol. The summed E-state index contributed by atoms with van der Waals surface area (Å²) in [4.78, 5) is 12.3. The molecule has 2 N–H and O–H groups in total. The molecule has 0 radical (unpaired) electrons. The van der Waals surface area contributed by atoms with Gasteiger partial charge in [-0.2, -0.15) is 0 Å². The van der Waals surface area contributed by atoms with Gasteiger partial charge in [0.1, 0.15) is 5.69 Å². The molecule has 0 aromatic heterocycles. The van der Waals surface area contributed by atoms with Crippen LogP contribution in [0.25, 0.3) is 0 Å². The molecule has 5 nitrogen and oxygen atoms in total. The van der Waals surface area contributed by atoms with Gasteiger partial charge in [-0.1, -0.05) is 0 Å². The molecule has 0 atom stereocenters. The number of anilines is 2. The molecule has 1 fully saturated rings. The van der Waals surface area contributed by atoms with Gasteiger partial charge >= 0.3 is 0 Å². The Bertz CT molecular complexity index is 416. The minimum atomic E-state index is -0.456. The van der Waals surface area contributed by atoms with Crippen LogP contribution in [0.15, 0.2) is 18.2 Å². The van der Waals surface area contributed by atoms with Gasteiger partial charge in [-0.25, -0.2) is 0 Å². The van der Waals surface area contributed by atoms with E-state index in [1.165, 1.54) is 25.3 Å². The predicted molar refractivity (Wildman–Crippen MR) is 63.6 cm³/mol. The SMILES string of the molecule is CN(c1ccc([N+](=O)[O-])c(N)c1)C1CCC1. The third-order valence-corrected chi connectivity index (χ3v) is 3.24. The standard InChI is InChI=1S/C11H15N3O2/c1-13(8-3-2-4-8)9-5-6-11(14(15)16)10(12)7-9/h5-8H,2-4,12H2,1H3. The first kappa shape index (κ1) is 10.7. The van der Waals surface area contributed by atoms with E-state index in [4.69, 9.17) is 5.73 Å². The Kier molecular flexibility index (Phi) is 2.68. The van der Waals surface area contributed by atoms with Crippen molar-refractivity contribution in [2.24, 2.45) is 0 Å². The highest BCUT2D eigenvalue weighted by Gasteiger charge is 2.23. The molecule has 0 bridgehead atoms. The first-order chi connectivity index (χ1) is 7.59. The second-order valence-corrected chi connectivity index (χ2v) is 4.20. The van der Waals surface area contributed by atoms with Gasteiger partial charge in [0, 0.05) is 24.8 Å². The van der Waals surface area contributed by atoms with Crippen LogP contribution in [0.4, 0.5) is 17.1 Å². The summed E-state index contributed by atoms with van der Waals surface area (Å²) in [7, 11) is 2.00. The lowest BCUT2D eigenvalue weighted by Gasteiger charge is -2.36. The molecule has 2 rings (SSSR count). The van der Waals surface area contributed by atoms with E-state index >= 15 is 0 Å². The summed E-state index contributed by atoms with van der Waals surface area (Å²) in [6, 6.07) is 5.46. The maximum Gasteiger partial charge on any atom is 0.292 e. The van der Waals surface area contributed by atoms with Crippen LogP contribution in [0.3, 0.4) is 0 Å². The molecule has 1 saturated carbocycles. The summed E-state index contributed by atoms with van der Waals surface area (Å²) in [5.74, 6) is 0. The summed E-state index contributed by atoms with van der Waals surface area (Å²) in [5, 5.41) is 10.6. The number of benzene rings is 1. The Balaban J connectivity index is 2.22. The normalized spacial score (nSPS) is 15.6. The molecule has 0 amide bonds. The zero-order valence-electron chi connectivity index (χ0n) is 9.22. The number of hydrogen-bond acceptors (Lipinski definition) is 4. The summed E-state index contributed by atoms with van der Waals surface area (Å²) in [6.07, 6.45) is 3.64. The van der Waals surface area contributed by atoms with E-state index in [0.29, 0.717) is 6.04 Å². The summed E-state index contributed by atoms with van der Waals surface area (Å²) in [5.41, 5.74) is 6.81. The van der Waals surface area contributed by atoms with Crippen LogP contribution in [0.1, 0.15) is 19.3 Å². The van der Waals surface area contributed by atoms with Gasteiger partial charge in [-0.05, 0) is 31.4 Å². The fourth-order valence-electron chi connectivity index (χ4n) is 1.91. The van der Waals surface area contributed by atoms with Crippen LogP contribution in [-0.2, 0) is 0 Å². The zero-order valence-corrected chi connectivity index (χ0v) is 9.22. The molecule has 0 saturated heterocycles. The third kappa shape index (κ3) is 1.80. The topological polar surface area (TPSA) is 72.4 Å². The maximum absolute atomic E-state index is 10.6. The Labute approximate surface area is 94.0 Å². The molecule has 0 heterocycles. The number of nitro groups is 1. The molecular weight excluding hydrogens is 206 g/mol. The molecular formula is C11H15N3O2. The first-order valence-electron chi connectivity index (χ1n) is 5.36. The molecule has 1 aromatic rings. The maximum atomic E-state index is 10.6. The largest absolute Gasteiger partial charge is 0.393 e. The van der Waals surface area contributed by atoms with Crippen LogP contribution in [-0.4, -0.2) is 18.0 Å². The molecule has 5 heteroatoms. The minimum absolute atomic E-state index is 0.0224. The first-order valence-corrected chi connectivity index (χ1v) is 5.36. The molecule has 1 aliphatic carbocycles. The number of nitro benzene ring substituents is 1. The van der Waals surface area contributed by atoms with Crippen molar-refractivity contribution in [1.29, 1.82) is 0 Å². The van der Waals surface area contributed by atoms with E-state index in [9.17, 15) is 10.1 Å². The van der Waals surface area contributed by atoms with Crippen LogP contribution in [0.5, 0.6) is 0 Å². The van der Waals surface area contributed by atoms with Crippen LogP contribution in [0.2, 0.25) is 0 Å². The van der Waals surface area contributed by atoms with Crippen molar-refractivity contribution in [2.45, 2.75) is 25.3 Å². The molecule has 0 spiro atoms. The summed E-state index contributed by atoms with van der Waals surface area (Å²) in [6.45, 7) is 0. The minimum Gasteiger partial charge on any atom is -0.393 e. The van der Waals surface area contributed by atoms with Crippen LogP contribution >= 0.6 is 0 Å². The van der Waals surface area contributed by atoms with Gasteiger partial charge in [0.25, 0.3) is 5.69 Å². The van der Waals surface area contributed by atoms with Gasteiger partial charge < -0.3 is 10.6 Å². The van der Waals surface area contributed by atoms with E-state index in [1.807, 2.05) is 7.05 Å². The van der Waals surface area contributed by atoms with Gasteiger partial charge in [-0.15, -0.1) is 0 Å². The lowest BCUT2D eigenvalue weighted by molar-refractivity contribution is -0.383. The van der Waals surface area contributed by atoms with Gasteiger partial charge in [0.15, 0.2) is 0 Å². The van der Waals surface area contributed by atoms with Crippen molar-refractivity contribution in [1.82, 2.24) is 0 Å². The molecule has 86 valence electrons. The Morgan fingerprint density at radius 2 is 2.19 bits per heavy atom. The molecule has 1 aliphatic rings. The van der Waals surface area contributed by atoms with Crippen molar-refractivity contribution in [3.8, 4) is 0 Å². The molecule has 1 aromatic carbocycles. The third-order valence-electron chi connectivity index (χ3n) is 3.24. The fraction of sp³-hybridized carbons (Fsp3) is 0.455. The Morgan fingerprint density at radius 1 is 1.50 bits per heavy atom. The molecule has 16 heavy (non-hydrogen) atoms. The van der Waals surface area contributed by atoms with E-state index in [2.05, 4.69) is 4.90 Å². The Morgan fingerprint density at radius 3 is 2.62 bits per heavy atom. The van der Waals surface area contributed by atoms with Crippen molar-refractivity contribution in [3.05, 3.63) is 28.3 Å². The lowest BCUT2D eigenvalue weighted by Crippen LogP contribution is -2.37. The average Bonchev–Trinajstić information content (AvgIpc) is 2.14.